The van der Waals surface area contributed by atoms with Crippen LogP contribution in [0.25, 0.3) is 11.0 Å². The summed E-state index contributed by atoms with van der Waals surface area (Å²) in [4.78, 5) is 7.08. The molecule has 0 fully saturated rings. The van der Waals surface area contributed by atoms with Gasteiger partial charge in [-0.15, -0.1) is 0 Å². The molecule has 2 rings (SSSR count). The van der Waals surface area contributed by atoms with Crippen molar-refractivity contribution in [1.29, 1.82) is 0 Å². The number of aromatic nitrogens is 2. The molecule has 1 radical (unpaired) electrons. The van der Waals surface area contributed by atoms with Gasteiger partial charge in [0, 0.05) is 18.5 Å². The van der Waals surface area contributed by atoms with E-state index in [-0.39, 0.29) is 0 Å². The molecule has 2 aromatic rings. The van der Waals surface area contributed by atoms with Gasteiger partial charge in [-0.1, -0.05) is 0 Å². The van der Waals surface area contributed by atoms with Gasteiger partial charge in [0.25, 0.3) is 0 Å². The summed E-state index contributed by atoms with van der Waals surface area (Å²) in [7, 11) is 0. The van der Waals surface area contributed by atoms with Crippen LogP contribution < -0.4 is 0 Å². The minimum Gasteiger partial charge on any atom is -0.360 e. The second-order valence-corrected chi connectivity index (χ2v) is 1.85. The third-order valence-electron chi connectivity index (χ3n) is 1.26. The second-order valence-electron chi connectivity index (χ2n) is 1.85. The van der Waals surface area contributed by atoms with Gasteiger partial charge in [0.1, 0.15) is 0 Å². The van der Waals surface area contributed by atoms with E-state index in [1.807, 2.05) is 18.3 Å². The number of hydrogen-bond donors (Lipinski definition) is 1. The molecule has 0 saturated heterocycles. The quantitative estimate of drug-likeness (QED) is 0.554. The Labute approximate surface area is 52.5 Å². The number of aromatic amines is 1. The van der Waals surface area contributed by atoms with Crippen LogP contribution in [0.5, 0.6) is 0 Å². The fourth-order valence-corrected chi connectivity index (χ4v) is 0.830. The molecule has 0 aliphatic heterocycles. The first-order valence-corrected chi connectivity index (χ1v) is 2.76. The molecule has 0 saturated carbocycles. The highest BCUT2D eigenvalue weighted by molar-refractivity contribution is 5.73. The maximum atomic E-state index is 4.05. The molecule has 0 aromatic carbocycles. The first-order chi connectivity index (χ1) is 4.47. The summed E-state index contributed by atoms with van der Waals surface area (Å²) < 4.78 is 0. The predicted octanol–water partition coefficient (Wildman–Crippen LogP) is 1.36. The first kappa shape index (κ1) is 4.56. The molecule has 0 spiro atoms. The van der Waals surface area contributed by atoms with Gasteiger partial charge in [0.15, 0.2) is 0 Å². The van der Waals surface area contributed by atoms with E-state index in [0.717, 1.165) is 11.0 Å². The lowest BCUT2D eigenvalue weighted by atomic mass is 10.4. The fraction of sp³-hybridized carbons (Fsp3) is 0. The number of nitrogens with zero attached hydrogens (tertiary/aromatic N) is 1. The summed E-state index contributed by atoms with van der Waals surface area (Å²) in [5.74, 6) is 0. The van der Waals surface area contributed by atoms with Crippen LogP contribution in [0.1, 0.15) is 0 Å². The molecule has 2 nitrogen and oxygen atoms in total. The molecule has 2 heterocycles. The van der Waals surface area contributed by atoms with Gasteiger partial charge < -0.3 is 4.98 Å². The summed E-state index contributed by atoms with van der Waals surface area (Å²) in [6.07, 6.45) is 3.53. The lowest BCUT2D eigenvalue weighted by Gasteiger charge is -1.82. The summed E-state index contributed by atoms with van der Waals surface area (Å²) in [5.41, 5.74) is 2.03. The Hall–Kier alpha value is -1.31. The zero-order valence-corrected chi connectivity index (χ0v) is 4.76. The molecular weight excluding hydrogens is 112 g/mol. The first-order valence-electron chi connectivity index (χ1n) is 2.76. The molecule has 2 heteroatoms. The molecule has 0 aliphatic carbocycles. The molecular formula is C7H5N2. The Morgan fingerprint density at radius 2 is 2.56 bits per heavy atom. The van der Waals surface area contributed by atoms with E-state index in [2.05, 4.69) is 16.0 Å². The molecule has 0 aliphatic rings. The normalized spacial score (nSPS) is 10.2. The van der Waals surface area contributed by atoms with E-state index in [9.17, 15) is 0 Å². The number of H-pyrrole nitrogens is 1. The maximum absolute atomic E-state index is 4.05. The van der Waals surface area contributed by atoms with Crippen molar-refractivity contribution in [1.82, 2.24) is 9.97 Å². The second kappa shape index (κ2) is 1.58. The number of fused-ring (bicyclic) bond motifs is 1. The van der Waals surface area contributed by atoms with Crippen molar-refractivity contribution in [3.05, 3.63) is 30.6 Å². The number of hydrogen-bond acceptors (Lipinski definition) is 1. The van der Waals surface area contributed by atoms with Crippen molar-refractivity contribution in [2.45, 2.75) is 0 Å². The molecule has 43 valence electrons. The van der Waals surface area contributed by atoms with Gasteiger partial charge >= 0.3 is 0 Å². The average Bonchev–Trinajstić information content (AvgIpc) is 2.33. The lowest BCUT2D eigenvalue weighted by Crippen LogP contribution is -1.69. The summed E-state index contributed by atoms with van der Waals surface area (Å²) >= 11 is 0. The minimum atomic E-state index is 0.994. The van der Waals surface area contributed by atoms with E-state index in [1.165, 1.54) is 0 Å². The SMILES string of the molecule is [c]1cnc2cc[nH]c2c1. The molecule has 2 aromatic heterocycles. The number of pyridine rings is 1. The topological polar surface area (TPSA) is 28.7 Å². The Kier molecular flexibility index (Phi) is 0.803. The standard InChI is InChI=1S/C7H5N2/c1-2-6-7(8-4-1)3-5-9-6/h2-5,9H. The van der Waals surface area contributed by atoms with Crippen molar-refractivity contribution in [2.24, 2.45) is 0 Å². The molecule has 0 bridgehead atoms. The average molecular weight is 117 g/mol. The minimum absolute atomic E-state index is 0.994. The zero-order chi connectivity index (χ0) is 6.10. The molecule has 0 amide bonds. The van der Waals surface area contributed by atoms with Gasteiger partial charge in [0.2, 0.25) is 0 Å². The third kappa shape index (κ3) is 0.598. The highest BCUT2D eigenvalue weighted by Gasteiger charge is 1.88. The highest BCUT2D eigenvalue weighted by Crippen LogP contribution is 2.04. The van der Waals surface area contributed by atoms with Gasteiger partial charge in [-0.2, -0.15) is 0 Å². The fourth-order valence-electron chi connectivity index (χ4n) is 0.830. The number of rotatable bonds is 0. The zero-order valence-electron chi connectivity index (χ0n) is 4.76. The Morgan fingerprint density at radius 1 is 1.56 bits per heavy atom. The van der Waals surface area contributed by atoms with Gasteiger partial charge in [-0.3, -0.25) is 4.98 Å². The van der Waals surface area contributed by atoms with E-state index < -0.39 is 0 Å². The van der Waals surface area contributed by atoms with E-state index in [4.69, 9.17) is 0 Å². The van der Waals surface area contributed by atoms with Crippen molar-refractivity contribution in [2.75, 3.05) is 0 Å². The van der Waals surface area contributed by atoms with Crippen LogP contribution in [0.4, 0.5) is 0 Å². The third-order valence-corrected chi connectivity index (χ3v) is 1.26. The van der Waals surface area contributed by atoms with E-state index >= 15 is 0 Å². The van der Waals surface area contributed by atoms with Gasteiger partial charge in [-0.05, 0) is 12.1 Å². The number of nitrogens with one attached hydrogen (secondary N) is 1. The van der Waals surface area contributed by atoms with Crippen LogP contribution in [0.2, 0.25) is 0 Å². The molecule has 1 N–H and O–H groups in total. The molecule has 0 atom stereocenters. The van der Waals surface area contributed by atoms with Crippen molar-refractivity contribution in [3.63, 3.8) is 0 Å². The Balaban J connectivity index is 2.95. The van der Waals surface area contributed by atoms with Crippen LogP contribution in [-0.2, 0) is 0 Å². The van der Waals surface area contributed by atoms with Crippen LogP contribution in [0.15, 0.2) is 24.5 Å². The summed E-state index contributed by atoms with van der Waals surface area (Å²) in [6, 6.07) is 6.69. The van der Waals surface area contributed by atoms with Gasteiger partial charge in [0.05, 0.1) is 11.0 Å². The van der Waals surface area contributed by atoms with Crippen molar-refractivity contribution >= 4 is 11.0 Å². The molecule has 9 heavy (non-hydrogen) atoms. The Bertz CT molecular complexity index is 281. The monoisotopic (exact) mass is 117 g/mol. The summed E-state index contributed by atoms with van der Waals surface area (Å²) in [5, 5.41) is 0. The van der Waals surface area contributed by atoms with E-state index in [1.54, 1.807) is 6.20 Å². The van der Waals surface area contributed by atoms with Crippen LogP contribution in [0, 0.1) is 6.07 Å². The maximum Gasteiger partial charge on any atom is 0.0879 e. The summed E-state index contributed by atoms with van der Waals surface area (Å²) in [6.45, 7) is 0. The van der Waals surface area contributed by atoms with Crippen LogP contribution in [0.3, 0.4) is 0 Å². The molecule has 0 unspecified atom stereocenters. The van der Waals surface area contributed by atoms with Crippen LogP contribution >= 0.6 is 0 Å². The smallest absolute Gasteiger partial charge is 0.0879 e. The van der Waals surface area contributed by atoms with Gasteiger partial charge in [-0.25, -0.2) is 0 Å². The highest BCUT2D eigenvalue weighted by atomic mass is 14.7. The van der Waals surface area contributed by atoms with E-state index in [0.29, 0.717) is 0 Å². The van der Waals surface area contributed by atoms with Crippen LogP contribution in [-0.4, -0.2) is 9.97 Å². The van der Waals surface area contributed by atoms with Crippen molar-refractivity contribution < 1.29 is 0 Å². The van der Waals surface area contributed by atoms with Crippen molar-refractivity contribution in [3.8, 4) is 0 Å². The lowest BCUT2D eigenvalue weighted by molar-refractivity contribution is 1.40. The largest absolute Gasteiger partial charge is 0.360 e. The predicted molar refractivity (Wildman–Crippen MR) is 34.9 cm³/mol. The Morgan fingerprint density at radius 3 is 3.44 bits per heavy atom.